The van der Waals surface area contributed by atoms with Gasteiger partial charge in [0, 0.05) is 11.5 Å². The molecule has 0 saturated heterocycles. The molecule has 98 valence electrons. The first kappa shape index (κ1) is 12.6. The van der Waals surface area contributed by atoms with E-state index in [4.69, 9.17) is 5.73 Å². The third-order valence-corrected chi connectivity index (χ3v) is 3.58. The van der Waals surface area contributed by atoms with Gasteiger partial charge in [0.15, 0.2) is 0 Å². The maximum atomic E-state index is 10.7. The number of nitrogens with one attached hydrogen (secondary N) is 1. The fraction of sp³-hybridized carbons (Fsp3) is 0.545. The van der Waals surface area contributed by atoms with Crippen LogP contribution in [0, 0.1) is 15.5 Å². The van der Waals surface area contributed by atoms with E-state index in [2.05, 4.69) is 10.3 Å². The number of pyridine rings is 1. The Kier molecular flexibility index (Phi) is 2.86. The van der Waals surface area contributed by atoms with Crippen molar-refractivity contribution in [2.45, 2.75) is 32.4 Å². The van der Waals surface area contributed by atoms with Gasteiger partial charge in [-0.2, -0.15) is 0 Å². The highest BCUT2D eigenvalue weighted by Crippen LogP contribution is 2.42. The highest BCUT2D eigenvalue weighted by Gasteiger charge is 2.47. The molecule has 1 fully saturated rings. The molecule has 2 unspecified atom stereocenters. The van der Waals surface area contributed by atoms with Crippen LogP contribution < -0.4 is 11.1 Å². The molecule has 7 nitrogen and oxygen atoms in total. The lowest BCUT2D eigenvalue weighted by atomic mass is 9.64. The molecule has 0 amide bonds. The molecule has 7 heteroatoms. The molecular weight excluding hydrogens is 236 g/mol. The minimum atomic E-state index is -0.510. The zero-order valence-corrected chi connectivity index (χ0v) is 10.3. The van der Waals surface area contributed by atoms with Crippen LogP contribution in [0.4, 0.5) is 17.3 Å². The monoisotopic (exact) mass is 252 g/mol. The Hall–Kier alpha value is -1.89. The summed E-state index contributed by atoms with van der Waals surface area (Å²) in [5.74, 6) is 0.469. The van der Waals surface area contributed by atoms with E-state index in [1.54, 1.807) is 0 Å². The predicted molar refractivity (Wildman–Crippen MR) is 67.1 cm³/mol. The van der Waals surface area contributed by atoms with Crippen molar-refractivity contribution >= 4 is 17.3 Å². The van der Waals surface area contributed by atoms with Crippen LogP contribution in [0.5, 0.6) is 0 Å². The summed E-state index contributed by atoms with van der Waals surface area (Å²) in [5, 5.41) is 23.4. The van der Waals surface area contributed by atoms with E-state index >= 15 is 0 Å². The third kappa shape index (κ3) is 2.08. The zero-order chi connectivity index (χ0) is 13.5. The van der Waals surface area contributed by atoms with Gasteiger partial charge in [0.25, 0.3) is 5.69 Å². The van der Waals surface area contributed by atoms with E-state index in [1.165, 1.54) is 12.1 Å². The Morgan fingerprint density at radius 2 is 2.28 bits per heavy atom. The van der Waals surface area contributed by atoms with Gasteiger partial charge in [0.2, 0.25) is 0 Å². The molecule has 0 bridgehead atoms. The average Bonchev–Trinajstić information content (AvgIpc) is 2.28. The lowest BCUT2D eigenvalue weighted by Gasteiger charge is -2.49. The van der Waals surface area contributed by atoms with Crippen molar-refractivity contribution < 1.29 is 10.0 Å². The van der Waals surface area contributed by atoms with Crippen molar-refractivity contribution in [2.24, 2.45) is 5.41 Å². The number of anilines is 2. The fourth-order valence-electron chi connectivity index (χ4n) is 2.04. The number of aliphatic hydroxyl groups is 1. The number of nitrogens with zero attached hydrogens (tertiary/aromatic N) is 2. The number of aromatic nitrogens is 1. The maximum Gasteiger partial charge on any atom is 0.276 e. The molecule has 0 radical (unpaired) electrons. The second-order valence-corrected chi connectivity index (χ2v) is 5.16. The zero-order valence-electron chi connectivity index (χ0n) is 10.3. The van der Waals surface area contributed by atoms with E-state index in [0.29, 0.717) is 12.2 Å². The Bertz CT molecular complexity index is 489. The second kappa shape index (κ2) is 4.09. The molecule has 1 aromatic heterocycles. The third-order valence-electron chi connectivity index (χ3n) is 3.58. The highest BCUT2D eigenvalue weighted by atomic mass is 16.6. The van der Waals surface area contributed by atoms with Crippen molar-refractivity contribution in [3.63, 3.8) is 0 Å². The van der Waals surface area contributed by atoms with Gasteiger partial charge >= 0.3 is 0 Å². The van der Waals surface area contributed by atoms with E-state index in [9.17, 15) is 15.2 Å². The van der Waals surface area contributed by atoms with Gasteiger partial charge in [-0.1, -0.05) is 13.8 Å². The van der Waals surface area contributed by atoms with E-state index in [-0.39, 0.29) is 29.1 Å². The Labute approximate surface area is 104 Å². The minimum absolute atomic E-state index is 0.0291. The summed E-state index contributed by atoms with van der Waals surface area (Å²) >= 11 is 0. The summed E-state index contributed by atoms with van der Waals surface area (Å²) in [4.78, 5) is 14.2. The van der Waals surface area contributed by atoms with Crippen LogP contribution in [0.25, 0.3) is 0 Å². The van der Waals surface area contributed by atoms with Crippen LogP contribution in [-0.4, -0.2) is 27.2 Å². The van der Waals surface area contributed by atoms with Gasteiger partial charge in [-0.3, -0.25) is 10.1 Å². The second-order valence-electron chi connectivity index (χ2n) is 5.16. The first-order valence-electron chi connectivity index (χ1n) is 5.67. The van der Waals surface area contributed by atoms with Crippen molar-refractivity contribution in [3.8, 4) is 0 Å². The number of nitrogen functional groups attached to an aromatic ring is 1. The fourth-order valence-corrected chi connectivity index (χ4v) is 2.04. The van der Waals surface area contributed by atoms with Crippen LogP contribution in [0.3, 0.4) is 0 Å². The summed E-state index contributed by atoms with van der Waals surface area (Å²) in [6.07, 6.45) is 0.225. The molecule has 1 aliphatic rings. The SMILES string of the molecule is CC1(C)C(O)CC1Nc1cc([N+](=O)[O-])cc(N)n1. The topological polar surface area (TPSA) is 114 Å². The molecule has 1 aromatic rings. The largest absolute Gasteiger partial charge is 0.392 e. The average molecular weight is 252 g/mol. The Morgan fingerprint density at radius 3 is 2.78 bits per heavy atom. The Morgan fingerprint density at radius 1 is 1.61 bits per heavy atom. The van der Waals surface area contributed by atoms with Crippen LogP contribution >= 0.6 is 0 Å². The molecule has 0 aromatic carbocycles. The molecule has 0 aliphatic heterocycles. The number of nitrogens with two attached hydrogens (primary N) is 1. The highest BCUT2D eigenvalue weighted by molar-refractivity contribution is 5.53. The molecule has 1 saturated carbocycles. The smallest absolute Gasteiger partial charge is 0.276 e. The molecule has 0 spiro atoms. The van der Waals surface area contributed by atoms with E-state index in [0.717, 1.165) is 0 Å². The first-order chi connectivity index (χ1) is 8.30. The van der Waals surface area contributed by atoms with Crippen LogP contribution in [0.2, 0.25) is 0 Å². The van der Waals surface area contributed by atoms with Gasteiger partial charge < -0.3 is 16.2 Å². The minimum Gasteiger partial charge on any atom is -0.392 e. The number of hydrogen-bond donors (Lipinski definition) is 3. The van der Waals surface area contributed by atoms with Gasteiger partial charge in [0.1, 0.15) is 11.6 Å². The summed E-state index contributed by atoms with van der Waals surface area (Å²) in [6, 6.07) is 2.59. The van der Waals surface area contributed by atoms with Gasteiger partial charge in [-0.15, -0.1) is 0 Å². The summed E-state index contributed by atoms with van der Waals surface area (Å²) in [7, 11) is 0. The van der Waals surface area contributed by atoms with Gasteiger partial charge in [0.05, 0.1) is 23.2 Å². The lowest BCUT2D eigenvalue weighted by Crippen LogP contribution is -2.57. The molecule has 2 atom stereocenters. The lowest BCUT2D eigenvalue weighted by molar-refractivity contribution is -0.384. The summed E-state index contributed by atoms with van der Waals surface area (Å²) < 4.78 is 0. The van der Waals surface area contributed by atoms with Crippen LogP contribution in [0.1, 0.15) is 20.3 Å². The molecule has 4 N–H and O–H groups in total. The molecule has 1 heterocycles. The number of rotatable bonds is 3. The normalized spacial score (nSPS) is 25.3. The van der Waals surface area contributed by atoms with Gasteiger partial charge in [-0.05, 0) is 6.42 Å². The summed E-state index contributed by atoms with van der Waals surface area (Å²) in [6.45, 7) is 3.86. The van der Waals surface area contributed by atoms with E-state index < -0.39 is 4.92 Å². The number of nitro groups is 1. The van der Waals surface area contributed by atoms with Crippen LogP contribution in [-0.2, 0) is 0 Å². The standard InChI is InChI=1S/C11H16N4O3/c1-11(2)7(5-8(11)16)13-10-4-6(15(17)18)3-9(12)14-10/h3-4,7-8,16H,5H2,1-2H3,(H3,12,13,14). The van der Waals surface area contributed by atoms with Crippen molar-refractivity contribution in [1.82, 2.24) is 4.98 Å². The van der Waals surface area contributed by atoms with Gasteiger partial charge in [-0.25, -0.2) is 4.98 Å². The molecule has 2 rings (SSSR count). The van der Waals surface area contributed by atoms with Crippen molar-refractivity contribution in [1.29, 1.82) is 0 Å². The molecule has 18 heavy (non-hydrogen) atoms. The molecular formula is C11H16N4O3. The van der Waals surface area contributed by atoms with Crippen molar-refractivity contribution in [3.05, 3.63) is 22.2 Å². The number of hydrogen-bond acceptors (Lipinski definition) is 6. The van der Waals surface area contributed by atoms with Crippen molar-refractivity contribution in [2.75, 3.05) is 11.1 Å². The van der Waals surface area contributed by atoms with Crippen LogP contribution in [0.15, 0.2) is 12.1 Å². The maximum absolute atomic E-state index is 10.7. The Balaban J connectivity index is 2.18. The predicted octanol–water partition coefficient (Wildman–Crippen LogP) is 1.14. The van der Waals surface area contributed by atoms with E-state index in [1.807, 2.05) is 13.8 Å². The molecule has 1 aliphatic carbocycles. The quantitative estimate of drug-likeness (QED) is 0.549. The first-order valence-corrected chi connectivity index (χ1v) is 5.67. The number of aliphatic hydroxyl groups excluding tert-OH is 1. The summed E-state index contributed by atoms with van der Waals surface area (Å²) in [5.41, 5.74) is 5.15.